The van der Waals surface area contributed by atoms with Gasteiger partial charge in [-0.2, -0.15) is 4.98 Å². The van der Waals surface area contributed by atoms with Crippen LogP contribution in [0.2, 0.25) is 0 Å². The molecule has 1 aromatic carbocycles. The third-order valence-corrected chi connectivity index (χ3v) is 3.14. The van der Waals surface area contributed by atoms with Crippen LogP contribution in [0.5, 0.6) is 5.75 Å². The first-order valence-electron chi connectivity index (χ1n) is 6.59. The first-order chi connectivity index (χ1) is 10.7. The molecule has 22 heavy (non-hydrogen) atoms. The normalized spacial score (nSPS) is 10.5. The van der Waals surface area contributed by atoms with Crippen molar-refractivity contribution in [2.24, 2.45) is 0 Å². The number of H-pyrrole nitrogens is 1. The molecule has 0 spiro atoms. The Morgan fingerprint density at radius 2 is 2.23 bits per heavy atom. The third-order valence-electron chi connectivity index (χ3n) is 3.14. The predicted octanol–water partition coefficient (Wildman–Crippen LogP) is 2.63. The number of nitrogens with one attached hydrogen (secondary N) is 2. The van der Waals surface area contributed by atoms with Gasteiger partial charge in [-0.3, -0.25) is 15.2 Å². The number of aryl methyl sites for hydroxylation is 1. The number of hydrogen-bond acceptors (Lipinski definition) is 5. The summed E-state index contributed by atoms with van der Waals surface area (Å²) in [5.74, 6) is 1.50. The van der Waals surface area contributed by atoms with E-state index in [-0.39, 0.29) is 11.9 Å². The summed E-state index contributed by atoms with van der Waals surface area (Å²) in [6, 6.07) is 8.70. The Labute approximate surface area is 126 Å². The second kappa shape index (κ2) is 5.72. The second-order valence-corrected chi connectivity index (χ2v) is 4.62. The standard InChI is InChI=1S/C15H14N4O3/c1-9-5-6-10(8-12(9)21-2)14(20)17-15-16-13(18-19-15)11-4-3-7-22-11/h3-8H,1-2H3,(H2,16,17,18,19,20). The molecule has 0 saturated carbocycles. The van der Waals surface area contributed by atoms with Crippen molar-refractivity contribution in [3.63, 3.8) is 0 Å². The Hall–Kier alpha value is -3.09. The second-order valence-electron chi connectivity index (χ2n) is 4.62. The van der Waals surface area contributed by atoms with Crippen LogP contribution in [0, 0.1) is 6.92 Å². The number of carbonyl (C=O) groups is 1. The fraction of sp³-hybridized carbons (Fsp3) is 0.133. The Balaban J connectivity index is 1.77. The molecule has 1 amide bonds. The highest BCUT2D eigenvalue weighted by molar-refractivity contribution is 6.03. The van der Waals surface area contributed by atoms with E-state index in [9.17, 15) is 4.79 Å². The summed E-state index contributed by atoms with van der Waals surface area (Å²) in [4.78, 5) is 16.4. The fourth-order valence-corrected chi connectivity index (χ4v) is 1.98. The lowest BCUT2D eigenvalue weighted by Crippen LogP contribution is -2.13. The Morgan fingerprint density at radius 1 is 1.36 bits per heavy atom. The van der Waals surface area contributed by atoms with Crippen molar-refractivity contribution in [1.82, 2.24) is 15.2 Å². The lowest BCUT2D eigenvalue weighted by molar-refractivity contribution is 0.102. The number of furan rings is 1. The molecule has 0 fully saturated rings. The third kappa shape index (κ3) is 2.69. The number of hydrogen-bond donors (Lipinski definition) is 2. The monoisotopic (exact) mass is 298 g/mol. The van der Waals surface area contributed by atoms with Crippen LogP contribution in [0.1, 0.15) is 15.9 Å². The van der Waals surface area contributed by atoms with Gasteiger partial charge in [-0.05, 0) is 36.8 Å². The van der Waals surface area contributed by atoms with E-state index in [0.29, 0.717) is 22.9 Å². The van der Waals surface area contributed by atoms with Gasteiger partial charge >= 0.3 is 0 Å². The number of methoxy groups -OCH3 is 1. The number of anilines is 1. The minimum atomic E-state index is -0.316. The van der Waals surface area contributed by atoms with E-state index in [2.05, 4.69) is 20.5 Å². The quantitative estimate of drug-likeness (QED) is 0.772. The summed E-state index contributed by atoms with van der Waals surface area (Å²) in [5, 5.41) is 9.26. The molecule has 3 aromatic rings. The minimum absolute atomic E-state index is 0.177. The van der Waals surface area contributed by atoms with Crippen LogP contribution in [0.4, 0.5) is 5.95 Å². The van der Waals surface area contributed by atoms with Gasteiger partial charge in [0.25, 0.3) is 5.91 Å². The van der Waals surface area contributed by atoms with Crippen LogP contribution < -0.4 is 10.1 Å². The number of aromatic amines is 1. The summed E-state index contributed by atoms with van der Waals surface area (Å²) in [5.41, 5.74) is 1.42. The SMILES string of the molecule is COc1cc(C(=O)Nc2n[nH]c(-c3ccco3)n2)ccc1C. The number of amides is 1. The molecular weight excluding hydrogens is 284 g/mol. The smallest absolute Gasteiger partial charge is 0.258 e. The van der Waals surface area contributed by atoms with Crippen LogP contribution in [-0.4, -0.2) is 28.2 Å². The molecule has 0 saturated heterocycles. The molecule has 112 valence electrons. The summed E-state index contributed by atoms with van der Waals surface area (Å²) >= 11 is 0. The summed E-state index contributed by atoms with van der Waals surface area (Å²) in [6.45, 7) is 1.91. The van der Waals surface area contributed by atoms with Crippen LogP contribution in [0.25, 0.3) is 11.6 Å². The van der Waals surface area contributed by atoms with Gasteiger partial charge < -0.3 is 9.15 Å². The number of nitrogens with zero attached hydrogens (tertiary/aromatic N) is 2. The van der Waals surface area contributed by atoms with E-state index >= 15 is 0 Å². The summed E-state index contributed by atoms with van der Waals surface area (Å²) < 4.78 is 10.4. The summed E-state index contributed by atoms with van der Waals surface area (Å²) in [6.07, 6.45) is 1.54. The van der Waals surface area contributed by atoms with Crippen LogP contribution in [-0.2, 0) is 0 Å². The zero-order valence-corrected chi connectivity index (χ0v) is 12.1. The van der Waals surface area contributed by atoms with Gasteiger partial charge in [0.15, 0.2) is 11.6 Å². The molecule has 0 aliphatic heterocycles. The van der Waals surface area contributed by atoms with E-state index in [1.165, 1.54) is 6.26 Å². The van der Waals surface area contributed by atoms with E-state index in [1.807, 2.05) is 13.0 Å². The number of aromatic nitrogens is 3. The molecule has 3 rings (SSSR count). The molecule has 2 heterocycles. The maximum atomic E-state index is 12.2. The maximum Gasteiger partial charge on any atom is 0.258 e. The number of benzene rings is 1. The lowest BCUT2D eigenvalue weighted by atomic mass is 10.1. The molecule has 0 atom stereocenters. The maximum absolute atomic E-state index is 12.2. The highest BCUT2D eigenvalue weighted by atomic mass is 16.5. The van der Waals surface area contributed by atoms with Gasteiger partial charge in [0.1, 0.15) is 5.75 Å². The Morgan fingerprint density at radius 3 is 2.95 bits per heavy atom. The molecule has 2 aromatic heterocycles. The topological polar surface area (TPSA) is 93.0 Å². The van der Waals surface area contributed by atoms with Gasteiger partial charge in [-0.25, -0.2) is 0 Å². The highest BCUT2D eigenvalue weighted by Gasteiger charge is 2.13. The average Bonchev–Trinajstić information content (AvgIpc) is 3.18. The summed E-state index contributed by atoms with van der Waals surface area (Å²) in [7, 11) is 1.56. The molecule has 0 aliphatic rings. The van der Waals surface area contributed by atoms with E-state index in [1.54, 1.807) is 31.4 Å². The number of rotatable bonds is 4. The first kappa shape index (κ1) is 13.9. The van der Waals surface area contributed by atoms with Crippen molar-refractivity contribution < 1.29 is 13.9 Å². The van der Waals surface area contributed by atoms with Gasteiger partial charge in [0.2, 0.25) is 5.95 Å². The average molecular weight is 298 g/mol. The van der Waals surface area contributed by atoms with Crippen molar-refractivity contribution in [3.8, 4) is 17.3 Å². The van der Waals surface area contributed by atoms with Crippen LogP contribution in [0.3, 0.4) is 0 Å². The van der Waals surface area contributed by atoms with Crippen molar-refractivity contribution in [2.45, 2.75) is 6.92 Å². The van der Waals surface area contributed by atoms with Crippen molar-refractivity contribution in [2.75, 3.05) is 12.4 Å². The zero-order valence-electron chi connectivity index (χ0n) is 12.1. The van der Waals surface area contributed by atoms with Crippen LogP contribution >= 0.6 is 0 Å². The highest BCUT2D eigenvalue weighted by Crippen LogP contribution is 2.20. The lowest BCUT2D eigenvalue weighted by Gasteiger charge is -2.06. The number of carbonyl (C=O) groups excluding carboxylic acids is 1. The molecule has 0 bridgehead atoms. The van der Waals surface area contributed by atoms with Gasteiger partial charge in [-0.15, -0.1) is 5.10 Å². The number of ether oxygens (including phenoxy) is 1. The Kier molecular flexibility index (Phi) is 3.61. The van der Waals surface area contributed by atoms with Crippen molar-refractivity contribution >= 4 is 11.9 Å². The molecule has 7 nitrogen and oxygen atoms in total. The van der Waals surface area contributed by atoms with Gasteiger partial charge in [-0.1, -0.05) is 6.07 Å². The molecule has 7 heteroatoms. The van der Waals surface area contributed by atoms with E-state index in [4.69, 9.17) is 9.15 Å². The Bertz CT molecular complexity index is 793. The zero-order chi connectivity index (χ0) is 15.5. The largest absolute Gasteiger partial charge is 0.496 e. The predicted molar refractivity (Wildman–Crippen MR) is 79.8 cm³/mol. The van der Waals surface area contributed by atoms with Gasteiger partial charge in [0.05, 0.1) is 13.4 Å². The molecule has 0 unspecified atom stereocenters. The van der Waals surface area contributed by atoms with E-state index in [0.717, 1.165) is 5.56 Å². The first-order valence-corrected chi connectivity index (χ1v) is 6.59. The van der Waals surface area contributed by atoms with E-state index < -0.39 is 0 Å². The fourth-order valence-electron chi connectivity index (χ4n) is 1.98. The van der Waals surface area contributed by atoms with Crippen molar-refractivity contribution in [3.05, 3.63) is 47.7 Å². The van der Waals surface area contributed by atoms with Gasteiger partial charge in [0, 0.05) is 5.56 Å². The molecule has 0 radical (unpaired) electrons. The molecule has 2 N–H and O–H groups in total. The minimum Gasteiger partial charge on any atom is -0.496 e. The molecular formula is C15H14N4O3. The van der Waals surface area contributed by atoms with Crippen molar-refractivity contribution in [1.29, 1.82) is 0 Å². The van der Waals surface area contributed by atoms with Crippen LogP contribution in [0.15, 0.2) is 41.0 Å². The molecule has 0 aliphatic carbocycles.